The monoisotopic (exact) mass is 190 g/mol. The Labute approximate surface area is 80.6 Å². The van der Waals surface area contributed by atoms with Gasteiger partial charge in [0.05, 0.1) is 0 Å². The molecule has 0 heterocycles. The Morgan fingerprint density at radius 3 is 2.50 bits per heavy atom. The van der Waals surface area contributed by atoms with E-state index in [-0.39, 0.29) is 5.71 Å². The largest absolute Gasteiger partial charge is 0.350 e. The molecule has 0 bridgehead atoms. The minimum absolute atomic E-state index is 0.00407. The van der Waals surface area contributed by atoms with Crippen molar-refractivity contribution in [2.75, 3.05) is 0 Å². The first-order valence-corrected chi connectivity index (χ1v) is 3.80. The van der Waals surface area contributed by atoms with Crippen LogP contribution in [0.2, 0.25) is 0 Å². The topological polar surface area (TPSA) is 84.6 Å². The van der Waals surface area contributed by atoms with Crippen molar-refractivity contribution in [1.82, 2.24) is 5.43 Å². The number of carbonyl (C=O) groups is 1. The summed E-state index contributed by atoms with van der Waals surface area (Å²) in [6, 6.07) is 7.80. The number of hydrogen-bond donors (Lipinski definition) is 2. The summed E-state index contributed by atoms with van der Waals surface area (Å²) in [5.74, 6) is 0. The molecule has 5 nitrogen and oxygen atoms in total. The maximum Gasteiger partial charge on any atom is 0.332 e. The first-order chi connectivity index (χ1) is 6.74. The lowest BCUT2D eigenvalue weighted by atomic mass is 10.1. The number of hydrazone groups is 1. The van der Waals surface area contributed by atoms with Gasteiger partial charge in [0.2, 0.25) is 0 Å². The normalized spacial score (nSPS) is 10.7. The van der Waals surface area contributed by atoms with Gasteiger partial charge in [-0.1, -0.05) is 30.3 Å². The predicted octanol–water partition coefficient (Wildman–Crippen LogP) is 0.169. The van der Waals surface area contributed by atoms with Crippen LogP contribution in [0, 0.1) is 0 Å². The molecule has 1 aromatic carbocycles. The summed E-state index contributed by atoms with van der Waals surface area (Å²) in [4.78, 5) is 20.8. The molecule has 0 saturated carbocycles. The second-order valence-corrected chi connectivity index (χ2v) is 2.40. The van der Waals surface area contributed by atoms with Crippen LogP contribution < -0.4 is 11.2 Å². The van der Waals surface area contributed by atoms with Gasteiger partial charge in [-0.15, -0.1) is 0 Å². The maximum atomic E-state index is 10.5. The Bertz CT molecular complexity index is 360. The van der Waals surface area contributed by atoms with E-state index in [1.807, 2.05) is 5.43 Å². The van der Waals surface area contributed by atoms with Gasteiger partial charge in [-0.25, -0.2) is 10.2 Å². The molecule has 0 spiro atoms. The minimum Gasteiger partial charge on any atom is -0.350 e. The van der Waals surface area contributed by atoms with Gasteiger partial charge in [-0.2, -0.15) is 5.10 Å². The van der Waals surface area contributed by atoms with Crippen molar-refractivity contribution < 1.29 is 9.59 Å². The SMILES string of the molecule is NC(=O)NN=C([C]=O)c1ccccc1. The zero-order chi connectivity index (χ0) is 10.4. The molecule has 0 saturated heterocycles. The summed E-state index contributed by atoms with van der Waals surface area (Å²) in [6.45, 7) is 0. The number of rotatable bonds is 3. The van der Waals surface area contributed by atoms with Crippen LogP contribution in [0.5, 0.6) is 0 Å². The van der Waals surface area contributed by atoms with Crippen LogP contribution in [-0.2, 0) is 4.79 Å². The van der Waals surface area contributed by atoms with Gasteiger partial charge in [0, 0.05) is 5.56 Å². The van der Waals surface area contributed by atoms with Crippen molar-refractivity contribution >= 4 is 18.0 Å². The maximum absolute atomic E-state index is 10.5. The lowest BCUT2D eigenvalue weighted by Crippen LogP contribution is -2.26. The van der Waals surface area contributed by atoms with Gasteiger partial charge in [0.25, 0.3) is 6.29 Å². The number of benzene rings is 1. The smallest absolute Gasteiger partial charge is 0.332 e. The molecule has 5 heteroatoms. The second-order valence-electron chi connectivity index (χ2n) is 2.40. The molecule has 0 unspecified atom stereocenters. The van der Waals surface area contributed by atoms with Crippen LogP contribution in [0.15, 0.2) is 35.4 Å². The third-order valence-corrected chi connectivity index (χ3v) is 1.42. The van der Waals surface area contributed by atoms with Crippen LogP contribution >= 0.6 is 0 Å². The molecule has 0 aliphatic heterocycles. The standard InChI is InChI=1S/C9H8N3O2/c10-9(14)12-11-8(6-13)7-4-2-1-3-5-7/h1-5H,(H3,10,12,14). The molecule has 1 aromatic rings. The van der Waals surface area contributed by atoms with E-state index in [4.69, 9.17) is 5.73 Å². The molecule has 3 N–H and O–H groups in total. The van der Waals surface area contributed by atoms with Crippen LogP contribution in [-0.4, -0.2) is 18.0 Å². The summed E-state index contributed by atoms with van der Waals surface area (Å²) in [6.07, 6.45) is 1.60. The molecule has 14 heavy (non-hydrogen) atoms. The van der Waals surface area contributed by atoms with Crippen LogP contribution in [0.1, 0.15) is 5.56 Å². The number of amides is 2. The first kappa shape index (κ1) is 9.91. The molecular weight excluding hydrogens is 182 g/mol. The molecule has 0 aromatic heterocycles. The highest BCUT2D eigenvalue weighted by atomic mass is 16.2. The van der Waals surface area contributed by atoms with E-state index in [9.17, 15) is 9.59 Å². The molecule has 0 aliphatic carbocycles. The quantitative estimate of drug-likeness (QED) is 0.526. The van der Waals surface area contributed by atoms with Crippen molar-refractivity contribution in [3.8, 4) is 0 Å². The van der Waals surface area contributed by atoms with Gasteiger partial charge in [-0.05, 0) is 0 Å². The fourth-order valence-corrected chi connectivity index (χ4v) is 0.853. The number of urea groups is 1. The zero-order valence-corrected chi connectivity index (χ0v) is 7.23. The fourth-order valence-electron chi connectivity index (χ4n) is 0.853. The Morgan fingerprint density at radius 1 is 1.36 bits per heavy atom. The molecular formula is C9H8N3O2. The lowest BCUT2D eigenvalue weighted by molar-refractivity contribution is 0.249. The zero-order valence-electron chi connectivity index (χ0n) is 7.23. The van der Waals surface area contributed by atoms with Crippen molar-refractivity contribution in [3.05, 3.63) is 35.9 Å². The summed E-state index contributed by atoms with van der Waals surface area (Å²) >= 11 is 0. The molecule has 1 radical (unpaired) electrons. The van der Waals surface area contributed by atoms with Gasteiger partial charge in [0.1, 0.15) is 5.71 Å². The Kier molecular flexibility index (Phi) is 3.37. The Hall–Kier alpha value is -2.17. The first-order valence-electron chi connectivity index (χ1n) is 3.80. The van der Waals surface area contributed by atoms with Crippen LogP contribution in [0.3, 0.4) is 0 Å². The van der Waals surface area contributed by atoms with Crippen molar-refractivity contribution in [1.29, 1.82) is 0 Å². The second kappa shape index (κ2) is 4.76. The third kappa shape index (κ3) is 2.71. The molecule has 0 aliphatic rings. The predicted molar refractivity (Wildman–Crippen MR) is 51.4 cm³/mol. The van der Waals surface area contributed by atoms with Gasteiger partial charge >= 0.3 is 6.03 Å². The highest BCUT2D eigenvalue weighted by Gasteiger charge is 2.02. The molecule has 71 valence electrons. The number of hydrogen-bond acceptors (Lipinski definition) is 3. The van der Waals surface area contributed by atoms with E-state index >= 15 is 0 Å². The third-order valence-electron chi connectivity index (χ3n) is 1.42. The Balaban J connectivity index is 2.87. The average Bonchev–Trinajstić information content (AvgIpc) is 2.20. The number of carbonyl (C=O) groups excluding carboxylic acids is 2. The van der Waals surface area contributed by atoms with E-state index in [0.717, 1.165) is 0 Å². The number of nitrogens with zero attached hydrogens (tertiary/aromatic N) is 1. The lowest BCUT2D eigenvalue weighted by Gasteiger charge is -1.97. The average molecular weight is 190 g/mol. The van der Waals surface area contributed by atoms with E-state index in [1.165, 1.54) is 0 Å². The minimum atomic E-state index is -0.825. The number of nitrogens with one attached hydrogen (secondary N) is 1. The number of nitrogens with two attached hydrogens (primary N) is 1. The van der Waals surface area contributed by atoms with Crippen molar-refractivity contribution in [3.63, 3.8) is 0 Å². The van der Waals surface area contributed by atoms with Crippen LogP contribution in [0.25, 0.3) is 0 Å². The summed E-state index contributed by atoms with van der Waals surface area (Å²) in [5, 5.41) is 3.48. The van der Waals surface area contributed by atoms with Crippen molar-refractivity contribution in [2.24, 2.45) is 10.8 Å². The van der Waals surface area contributed by atoms with E-state index < -0.39 is 6.03 Å². The van der Waals surface area contributed by atoms with Crippen LogP contribution in [0.4, 0.5) is 4.79 Å². The highest BCUT2D eigenvalue weighted by Crippen LogP contribution is 1.98. The Morgan fingerprint density at radius 2 is 2.00 bits per heavy atom. The molecule has 1 rings (SSSR count). The molecule has 2 amide bonds. The van der Waals surface area contributed by atoms with Crippen molar-refractivity contribution in [2.45, 2.75) is 0 Å². The fraction of sp³-hybridized carbons (Fsp3) is 0. The molecule has 0 fully saturated rings. The summed E-state index contributed by atoms with van der Waals surface area (Å²) in [5.41, 5.74) is 7.32. The van der Waals surface area contributed by atoms with Gasteiger partial charge in [-0.3, -0.25) is 4.79 Å². The number of primary amides is 1. The molecule has 0 atom stereocenters. The summed E-state index contributed by atoms with van der Waals surface area (Å²) in [7, 11) is 0. The van der Waals surface area contributed by atoms with E-state index in [0.29, 0.717) is 5.56 Å². The summed E-state index contributed by atoms with van der Waals surface area (Å²) < 4.78 is 0. The van der Waals surface area contributed by atoms with E-state index in [2.05, 4.69) is 5.10 Å². The highest BCUT2D eigenvalue weighted by molar-refractivity contribution is 6.36. The van der Waals surface area contributed by atoms with Gasteiger partial charge < -0.3 is 5.73 Å². The van der Waals surface area contributed by atoms with E-state index in [1.54, 1.807) is 36.6 Å². The van der Waals surface area contributed by atoms with Gasteiger partial charge in [0.15, 0.2) is 0 Å².